The summed E-state index contributed by atoms with van der Waals surface area (Å²) in [6.45, 7) is 9.54. The number of aromatic nitrogens is 6. The highest BCUT2D eigenvalue weighted by molar-refractivity contribution is 5.46. The zero-order valence-corrected chi connectivity index (χ0v) is 17.2. The van der Waals surface area contributed by atoms with E-state index in [0.717, 1.165) is 31.9 Å². The van der Waals surface area contributed by atoms with E-state index in [-0.39, 0.29) is 10.8 Å². The van der Waals surface area contributed by atoms with Gasteiger partial charge in [0, 0.05) is 48.7 Å². The fraction of sp³-hybridized carbons (Fsp3) is 0.571. The molecule has 29 heavy (non-hydrogen) atoms. The minimum atomic E-state index is -0.0565. The Morgan fingerprint density at radius 2 is 2.17 bits per heavy atom. The van der Waals surface area contributed by atoms with Gasteiger partial charge in [-0.05, 0) is 18.8 Å². The quantitative estimate of drug-likeness (QED) is 0.727. The SMILES string of the molecule is CC(C)(C)c1[nH]ncc1CN1C[C@H]2CCC[C@@]2(c2nc(-c3cnccn3)no2)C1. The Labute approximate surface area is 170 Å². The molecule has 2 atom stereocenters. The minimum Gasteiger partial charge on any atom is -0.338 e. The second kappa shape index (κ2) is 6.73. The van der Waals surface area contributed by atoms with Crippen molar-refractivity contribution >= 4 is 0 Å². The van der Waals surface area contributed by atoms with E-state index in [1.807, 2.05) is 6.20 Å². The summed E-state index contributed by atoms with van der Waals surface area (Å²) in [5.74, 6) is 1.82. The molecule has 2 fully saturated rings. The summed E-state index contributed by atoms with van der Waals surface area (Å²) in [6, 6.07) is 0. The van der Waals surface area contributed by atoms with E-state index in [2.05, 4.69) is 51.0 Å². The Morgan fingerprint density at radius 1 is 1.28 bits per heavy atom. The van der Waals surface area contributed by atoms with E-state index in [4.69, 9.17) is 9.51 Å². The third-order valence-corrected chi connectivity index (χ3v) is 6.45. The lowest BCUT2D eigenvalue weighted by atomic mass is 9.80. The Balaban J connectivity index is 1.40. The van der Waals surface area contributed by atoms with Crippen LogP contribution in [0.3, 0.4) is 0 Å². The smallest absolute Gasteiger partial charge is 0.234 e. The van der Waals surface area contributed by atoms with Crippen molar-refractivity contribution in [2.45, 2.75) is 57.4 Å². The van der Waals surface area contributed by atoms with Crippen LogP contribution in [0.15, 0.2) is 29.3 Å². The number of aromatic amines is 1. The molecule has 0 amide bonds. The first kappa shape index (κ1) is 18.4. The highest BCUT2D eigenvalue weighted by Crippen LogP contribution is 2.50. The van der Waals surface area contributed by atoms with Crippen molar-refractivity contribution in [1.29, 1.82) is 0 Å². The van der Waals surface area contributed by atoms with Crippen LogP contribution >= 0.6 is 0 Å². The van der Waals surface area contributed by atoms with Crippen LogP contribution in [0.2, 0.25) is 0 Å². The molecule has 3 aromatic rings. The van der Waals surface area contributed by atoms with Crippen LogP contribution in [-0.4, -0.2) is 48.3 Å². The third-order valence-electron chi connectivity index (χ3n) is 6.45. The van der Waals surface area contributed by atoms with E-state index in [9.17, 15) is 0 Å². The number of hydrogen-bond acceptors (Lipinski definition) is 7. The number of rotatable bonds is 4. The van der Waals surface area contributed by atoms with Gasteiger partial charge in [0.05, 0.1) is 17.8 Å². The summed E-state index contributed by atoms with van der Waals surface area (Å²) >= 11 is 0. The summed E-state index contributed by atoms with van der Waals surface area (Å²) in [5.41, 5.74) is 3.14. The molecule has 0 spiro atoms. The summed E-state index contributed by atoms with van der Waals surface area (Å²) in [4.78, 5) is 15.7. The minimum absolute atomic E-state index is 0.0528. The summed E-state index contributed by atoms with van der Waals surface area (Å²) in [5, 5.41) is 11.7. The number of nitrogens with one attached hydrogen (secondary N) is 1. The van der Waals surface area contributed by atoms with Gasteiger partial charge < -0.3 is 4.52 Å². The van der Waals surface area contributed by atoms with Crippen LogP contribution in [0.4, 0.5) is 0 Å². The van der Waals surface area contributed by atoms with Crippen molar-refractivity contribution < 1.29 is 4.52 Å². The summed E-state index contributed by atoms with van der Waals surface area (Å²) in [6.07, 6.45) is 10.4. The van der Waals surface area contributed by atoms with E-state index >= 15 is 0 Å². The highest BCUT2D eigenvalue weighted by atomic mass is 16.5. The zero-order chi connectivity index (χ0) is 20.1. The molecule has 0 unspecified atom stereocenters. The number of likely N-dealkylation sites (tertiary alicyclic amines) is 1. The predicted octanol–water partition coefficient (Wildman–Crippen LogP) is 3.10. The van der Waals surface area contributed by atoms with Gasteiger partial charge in [-0.25, -0.2) is 4.98 Å². The van der Waals surface area contributed by atoms with Crippen LogP contribution < -0.4 is 0 Å². The van der Waals surface area contributed by atoms with Gasteiger partial charge in [-0.15, -0.1) is 0 Å². The van der Waals surface area contributed by atoms with Gasteiger partial charge in [-0.2, -0.15) is 10.1 Å². The van der Waals surface area contributed by atoms with Crippen molar-refractivity contribution in [2.24, 2.45) is 5.92 Å². The van der Waals surface area contributed by atoms with Crippen LogP contribution in [0.1, 0.15) is 57.2 Å². The Bertz CT molecular complexity index is 990. The van der Waals surface area contributed by atoms with Crippen molar-refractivity contribution in [3.05, 3.63) is 41.9 Å². The van der Waals surface area contributed by atoms with Crippen LogP contribution in [0.25, 0.3) is 11.5 Å². The second-order valence-corrected chi connectivity index (χ2v) is 9.45. The molecular formula is C21H27N7O. The van der Waals surface area contributed by atoms with Crippen LogP contribution in [0.5, 0.6) is 0 Å². The Morgan fingerprint density at radius 3 is 2.97 bits per heavy atom. The molecule has 0 aromatic carbocycles. The molecule has 1 aliphatic carbocycles. The molecule has 8 nitrogen and oxygen atoms in total. The molecular weight excluding hydrogens is 366 g/mol. The van der Waals surface area contributed by atoms with Crippen molar-refractivity contribution in [2.75, 3.05) is 13.1 Å². The molecule has 2 aliphatic rings. The third kappa shape index (κ3) is 3.15. The van der Waals surface area contributed by atoms with Gasteiger partial charge >= 0.3 is 0 Å². The Kier molecular flexibility index (Phi) is 4.27. The topological polar surface area (TPSA) is 96.6 Å². The lowest BCUT2D eigenvalue weighted by Gasteiger charge is -2.25. The molecule has 3 aromatic heterocycles. The molecule has 0 radical (unpaired) electrons. The Hall–Kier alpha value is -2.61. The first-order valence-corrected chi connectivity index (χ1v) is 10.3. The average molecular weight is 393 g/mol. The van der Waals surface area contributed by atoms with E-state index in [1.165, 1.54) is 24.1 Å². The molecule has 5 rings (SSSR count). The molecule has 152 valence electrons. The van der Waals surface area contributed by atoms with Gasteiger partial charge in [0.15, 0.2) is 0 Å². The average Bonchev–Trinajstić information content (AvgIpc) is 3.45. The van der Waals surface area contributed by atoms with E-state index in [0.29, 0.717) is 17.4 Å². The molecule has 8 heteroatoms. The summed E-state index contributed by atoms with van der Waals surface area (Å²) in [7, 11) is 0. The normalized spacial score (nSPS) is 24.9. The molecule has 1 saturated heterocycles. The molecule has 1 aliphatic heterocycles. The van der Waals surface area contributed by atoms with Crippen molar-refractivity contribution in [3.8, 4) is 11.5 Å². The fourth-order valence-electron chi connectivity index (χ4n) is 5.13. The standard InChI is InChI=1S/C21H27N7O/c1-20(2,3)17-14(9-24-26-17)11-28-12-15-5-4-6-21(15,13-28)19-25-18(27-29-19)16-10-22-7-8-23-16/h7-10,15H,4-6,11-13H2,1-3H3,(H,24,26)/t15-,21-/m1/s1. The largest absolute Gasteiger partial charge is 0.338 e. The molecule has 1 saturated carbocycles. The van der Waals surface area contributed by atoms with Gasteiger partial charge in [-0.1, -0.05) is 32.3 Å². The molecule has 0 bridgehead atoms. The molecule has 1 N–H and O–H groups in total. The lowest BCUT2D eigenvalue weighted by molar-refractivity contribution is 0.244. The second-order valence-electron chi connectivity index (χ2n) is 9.45. The maximum atomic E-state index is 5.80. The van der Waals surface area contributed by atoms with Crippen LogP contribution in [0, 0.1) is 5.92 Å². The monoisotopic (exact) mass is 393 g/mol. The highest BCUT2D eigenvalue weighted by Gasteiger charge is 2.54. The maximum absolute atomic E-state index is 5.80. The number of fused-ring (bicyclic) bond motifs is 1. The lowest BCUT2D eigenvalue weighted by Crippen LogP contribution is -2.32. The first-order chi connectivity index (χ1) is 14.0. The number of nitrogens with zero attached hydrogens (tertiary/aromatic N) is 6. The van der Waals surface area contributed by atoms with Crippen LogP contribution in [-0.2, 0) is 17.4 Å². The number of hydrogen-bond donors (Lipinski definition) is 1. The first-order valence-electron chi connectivity index (χ1n) is 10.3. The van der Waals surface area contributed by atoms with Gasteiger partial charge in [0.2, 0.25) is 11.7 Å². The fourth-order valence-corrected chi connectivity index (χ4v) is 5.13. The number of H-pyrrole nitrogens is 1. The molecule has 4 heterocycles. The van der Waals surface area contributed by atoms with Gasteiger partial charge in [-0.3, -0.25) is 15.0 Å². The van der Waals surface area contributed by atoms with Gasteiger partial charge in [0.1, 0.15) is 5.69 Å². The predicted molar refractivity (Wildman–Crippen MR) is 107 cm³/mol. The van der Waals surface area contributed by atoms with Gasteiger partial charge in [0.25, 0.3) is 0 Å². The van der Waals surface area contributed by atoms with Crippen molar-refractivity contribution in [3.63, 3.8) is 0 Å². The van der Waals surface area contributed by atoms with E-state index in [1.54, 1.807) is 18.6 Å². The maximum Gasteiger partial charge on any atom is 0.234 e. The van der Waals surface area contributed by atoms with E-state index < -0.39 is 0 Å². The zero-order valence-electron chi connectivity index (χ0n) is 17.2. The van der Waals surface area contributed by atoms with Crippen molar-refractivity contribution in [1.82, 2.24) is 35.2 Å². The summed E-state index contributed by atoms with van der Waals surface area (Å²) < 4.78 is 5.80.